The molecule has 5 N–H and O–H groups in total. The van der Waals surface area contributed by atoms with Crippen molar-refractivity contribution in [3.05, 3.63) is 59.1 Å². The van der Waals surface area contributed by atoms with Crippen LogP contribution in [0.25, 0.3) is 21.9 Å². The topological polar surface area (TPSA) is 193 Å². The van der Waals surface area contributed by atoms with Gasteiger partial charge >= 0.3 is 13.7 Å². The van der Waals surface area contributed by atoms with Crippen LogP contribution in [0.1, 0.15) is 27.0 Å². The highest BCUT2D eigenvalue weighted by Gasteiger charge is 2.47. The zero-order chi connectivity index (χ0) is 30.2. The number of nitrogen functional groups attached to an aromatic ring is 1. The number of hydrogen-bond donors (Lipinski definition) is 4. The van der Waals surface area contributed by atoms with Crippen LogP contribution in [0, 0.1) is 0 Å². The number of benzene rings is 2. The van der Waals surface area contributed by atoms with Crippen molar-refractivity contribution in [2.45, 2.75) is 57.5 Å². The Labute approximate surface area is 238 Å². The lowest BCUT2D eigenvalue weighted by Crippen LogP contribution is -2.37. The van der Waals surface area contributed by atoms with Gasteiger partial charge in [0.1, 0.15) is 24.0 Å². The molecule has 3 heterocycles. The zero-order valence-electron chi connectivity index (χ0n) is 22.8. The lowest BCUT2D eigenvalue weighted by molar-refractivity contribution is -0.149. The molecule has 42 heavy (non-hydrogen) atoms. The maximum Gasteiger partial charge on any atom is 0.459 e. The van der Waals surface area contributed by atoms with Gasteiger partial charge in [0.25, 0.3) is 5.56 Å². The minimum absolute atomic E-state index is 0.0536. The number of H-pyrrole nitrogens is 1. The van der Waals surface area contributed by atoms with Crippen molar-refractivity contribution in [2.24, 2.45) is 0 Å². The van der Waals surface area contributed by atoms with E-state index in [9.17, 15) is 19.3 Å². The second kappa shape index (κ2) is 11.8. The summed E-state index contributed by atoms with van der Waals surface area (Å²) in [7, 11) is -4.36. The lowest BCUT2D eigenvalue weighted by Gasteiger charge is -2.25. The van der Waals surface area contributed by atoms with E-state index in [-0.39, 0.29) is 22.9 Å². The Balaban J connectivity index is 1.37. The average molecular weight is 605 g/mol. The first-order chi connectivity index (χ1) is 19.9. The average Bonchev–Trinajstić information content (AvgIpc) is 3.47. The fourth-order valence-electron chi connectivity index (χ4n) is 4.44. The molecule has 5 rings (SSSR count). The summed E-state index contributed by atoms with van der Waals surface area (Å²) < 4.78 is 52.6. The number of imidazole rings is 1. The van der Waals surface area contributed by atoms with Crippen molar-refractivity contribution < 1.29 is 37.4 Å². The molecule has 1 aliphatic rings. The van der Waals surface area contributed by atoms with Gasteiger partial charge in [0.15, 0.2) is 23.6 Å². The number of carbonyl (C=O) groups excluding carboxylic acids is 1. The smallest absolute Gasteiger partial charge is 0.459 e. The molecule has 1 saturated heterocycles. The highest BCUT2D eigenvalue weighted by molar-refractivity contribution is 7.52. The van der Waals surface area contributed by atoms with Crippen molar-refractivity contribution in [1.29, 1.82) is 0 Å². The number of aromatic nitrogens is 4. The van der Waals surface area contributed by atoms with E-state index in [0.29, 0.717) is 0 Å². The molecular weight excluding hydrogens is 574 g/mol. The first kappa shape index (κ1) is 29.6. The molecule has 6 atom stereocenters. The molecule has 1 fully saturated rings. The second-order valence-electron chi connectivity index (χ2n) is 10.0. The summed E-state index contributed by atoms with van der Waals surface area (Å²) in [5, 5.41) is 14.9. The number of anilines is 1. The number of aliphatic hydroxyl groups is 1. The van der Waals surface area contributed by atoms with E-state index in [1.54, 1.807) is 32.0 Å². The van der Waals surface area contributed by atoms with Crippen molar-refractivity contribution in [2.75, 3.05) is 12.3 Å². The molecule has 14 nitrogen and oxygen atoms in total. The SMILES string of the molecule is CC(C)OC(=O)C(C)NP(=O)(OCC1OC(n2cnc3c(=O)[nH]c(N)nc32)C(F)C1O)Oc1ccc2ccccc2c1. The second-order valence-corrected chi connectivity index (χ2v) is 11.7. The Morgan fingerprint density at radius 3 is 2.74 bits per heavy atom. The van der Waals surface area contributed by atoms with Crippen LogP contribution in [0.4, 0.5) is 10.3 Å². The number of fused-ring (bicyclic) bond motifs is 2. The molecule has 2 aromatic carbocycles. The number of halogens is 1. The molecule has 0 bridgehead atoms. The number of nitrogens with zero attached hydrogens (tertiary/aromatic N) is 3. The predicted molar refractivity (Wildman–Crippen MR) is 149 cm³/mol. The van der Waals surface area contributed by atoms with Crippen LogP contribution < -0.4 is 20.9 Å². The fourth-order valence-corrected chi connectivity index (χ4v) is 5.94. The molecule has 6 unspecified atom stereocenters. The summed E-state index contributed by atoms with van der Waals surface area (Å²) in [4.78, 5) is 34.8. The van der Waals surface area contributed by atoms with Crippen LogP contribution in [0.2, 0.25) is 0 Å². The largest absolute Gasteiger partial charge is 0.462 e. The number of carbonyl (C=O) groups is 1. The third-order valence-corrected chi connectivity index (χ3v) is 8.07. The van der Waals surface area contributed by atoms with Gasteiger partial charge in [0.05, 0.1) is 19.0 Å². The molecule has 224 valence electrons. The summed E-state index contributed by atoms with van der Waals surface area (Å²) in [6.45, 7) is 4.14. The molecule has 16 heteroatoms. The first-order valence-electron chi connectivity index (χ1n) is 13.1. The normalized spacial score (nSPS) is 22.8. The minimum atomic E-state index is -4.36. The zero-order valence-corrected chi connectivity index (χ0v) is 23.7. The van der Waals surface area contributed by atoms with Crippen molar-refractivity contribution in [1.82, 2.24) is 24.6 Å². The van der Waals surface area contributed by atoms with E-state index in [2.05, 4.69) is 20.0 Å². The van der Waals surface area contributed by atoms with Gasteiger partial charge in [0, 0.05) is 0 Å². The van der Waals surface area contributed by atoms with Gasteiger partial charge in [-0.15, -0.1) is 0 Å². The van der Waals surface area contributed by atoms with E-state index < -0.39 is 62.6 Å². The fraction of sp³-hybridized carbons (Fsp3) is 0.385. The standard InChI is InChI=1S/C26H30FN6O8P/c1-13(2)39-25(36)14(3)32-42(37,41-17-9-8-15-6-4-5-7-16(15)10-17)38-11-18-21(34)19(27)24(40-18)33-12-29-20-22(33)30-26(28)31-23(20)35/h4-10,12-14,18-19,21,24,34H,11H2,1-3H3,(H,32,37)(H3,28,30,31,35). The van der Waals surface area contributed by atoms with Gasteiger partial charge in [-0.25, -0.2) is 13.9 Å². The third kappa shape index (κ3) is 6.15. The lowest BCUT2D eigenvalue weighted by atomic mass is 10.1. The highest BCUT2D eigenvalue weighted by Crippen LogP contribution is 2.46. The van der Waals surface area contributed by atoms with E-state index in [4.69, 9.17) is 24.3 Å². The minimum Gasteiger partial charge on any atom is -0.462 e. The van der Waals surface area contributed by atoms with Gasteiger partial charge in [-0.2, -0.15) is 10.1 Å². The van der Waals surface area contributed by atoms with Crippen LogP contribution in [-0.2, 0) is 23.4 Å². The maximum atomic E-state index is 15.3. The quantitative estimate of drug-likeness (QED) is 0.153. The number of rotatable bonds is 10. The summed E-state index contributed by atoms with van der Waals surface area (Å²) in [6, 6.07) is 11.3. The Kier molecular flexibility index (Phi) is 8.30. The number of alkyl halides is 1. The number of aromatic amines is 1. The molecule has 0 saturated carbocycles. The molecule has 2 aromatic heterocycles. The molecule has 0 amide bonds. The number of esters is 1. The summed E-state index contributed by atoms with van der Waals surface area (Å²) in [6.07, 6.45) is -5.83. The molecule has 0 spiro atoms. The van der Waals surface area contributed by atoms with E-state index in [0.717, 1.165) is 21.7 Å². The Bertz CT molecular complexity index is 1710. The van der Waals surface area contributed by atoms with Gasteiger partial charge in [-0.1, -0.05) is 30.3 Å². The van der Waals surface area contributed by atoms with Crippen molar-refractivity contribution in [3.63, 3.8) is 0 Å². The van der Waals surface area contributed by atoms with Crippen molar-refractivity contribution in [3.8, 4) is 5.75 Å². The van der Waals surface area contributed by atoms with Gasteiger partial charge in [0.2, 0.25) is 5.95 Å². The van der Waals surface area contributed by atoms with E-state index in [1.807, 2.05) is 24.3 Å². The summed E-state index contributed by atoms with van der Waals surface area (Å²) >= 11 is 0. The number of hydrogen-bond acceptors (Lipinski definition) is 11. The molecule has 0 radical (unpaired) electrons. The van der Waals surface area contributed by atoms with Crippen LogP contribution in [0.3, 0.4) is 0 Å². The maximum absolute atomic E-state index is 15.3. The van der Waals surface area contributed by atoms with E-state index in [1.165, 1.54) is 6.92 Å². The molecule has 4 aromatic rings. The van der Waals surface area contributed by atoms with Crippen LogP contribution in [-0.4, -0.2) is 67.7 Å². The molecule has 1 aliphatic heterocycles. The number of nitrogens with two attached hydrogens (primary N) is 1. The Morgan fingerprint density at radius 1 is 1.26 bits per heavy atom. The predicted octanol–water partition coefficient (Wildman–Crippen LogP) is 2.58. The van der Waals surface area contributed by atoms with Gasteiger partial charge < -0.3 is 24.8 Å². The number of aliphatic hydroxyl groups excluding tert-OH is 1. The number of ether oxygens (including phenoxy) is 2. The van der Waals surface area contributed by atoms with Crippen LogP contribution in [0.5, 0.6) is 5.75 Å². The Hall–Kier alpha value is -3.88. The Morgan fingerprint density at radius 2 is 2.00 bits per heavy atom. The molecule has 0 aliphatic carbocycles. The van der Waals surface area contributed by atoms with Crippen LogP contribution >= 0.6 is 7.75 Å². The van der Waals surface area contributed by atoms with Gasteiger partial charge in [-0.3, -0.25) is 23.7 Å². The third-order valence-electron chi connectivity index (χ3n) is 6.43. The number of nitrogens with one attached hydrogen (secondary N) is 2. The van der Waals surface area contributed by atoms with Crippen molar-refractivity contribution >= 4 is 41.6 Å². The monoisotopic (exact) mass is 604 g/mol. The summed E-state index contributed by atoms with van der Waals surface area (Å²) in [5.41, 5.74) is 4.83. The van der Waals surface area contributed by atoms with Gasteiger partial charge in [-0.05, 0) is 43.7 Å². The van der Waals surface area contributed by atoms with E-state index >= 15 is 4.39 Å². The first-order valence-corrected chi connectivity index (χ1v) is 14.6. The molecular formula is C26H30FN6O8P. The highest BCUT2D eigenvalue weighted by atomic mass is 31.2. The van der Waals surface area contributed by atoms with Crippen LogP contribution in [0.15, 0.2) is 53.6 Å². The summed E-state index contributed by atoms with van der Waals surface area (Å²) in [5.74, 6) is -0.751.